The number of rotatable bonds is 4. The van der Waals surface area contributed by atoms with Crippen LogP contribution in [0.4, 0.5) is 0 Å². The van der Waals surface area contributed by atoms with E-state index in [0.29, 0.717) is 6.04 Å². The molecule has 0 radical (unpaired) electrons. The zero-order chi connectivity index (χ0) is 10.8. The summed E-state index contributed by atoms with van der Waals surface area (Å²) in [6.07, 6.45) is 0. The normalized spacial score (nSPS) is 17.1. The zero-order valence-electron chi connectivity index (χ0n) is 9.82. The third-order valence-electron chi connectivity index (χ3n) is 3.15. The second kappa shape index (κ2) is 4.33. The molecule has 0 aliphatic carbocycles. The maximum absolute atomic E-state index is 4.38. The van der Waals surface area contributed by atoms with E-state index < -0.39 is 0 Å². The van der Waals surface area contributed by atoms with Crippen molar-refractivity contribution in [2.45, 2.75) is 26.4 Å². The predicted octanol–water partition coefficient (Wildman–Crippen LogP) is 0.522. The molecule has 0 saturated carbocycles. The Bertz CT molecular complexity index is 327. The maximum Gasteiger partial charge on any atom is 0.0597 e. The molecule has 2 rings (SSSR count). The third-order valence-corrected chi connectivity index (χ3v) is 3.15. The van der Waals surface area contributed by atoms with Gasteiger partial charge in [0.15, 0.2) is 0 Å². The van der Waals surface area contributed by atoms with E-state index in [4.69, 9.17) is 0 Å². The van der Waals surface area contributed by atoms with Gasteiger partial charge in [0.2, 0.25) is 0 Å². The fraction of sp³-hybridized carbons (Fsp3) is 0.727. The number of hydrogen-bond acceptors (Lipinski definition) is 3. The first-order chi connectivity index (χ1) is 7.20. The molecule has 1 aliphatic heterocycles. The van der Waals surface area contributed by atoms with Crippen molar-refractivity contribution in [2.24, 2.45) is 7.05 Å². The van der Waals surface area contributed by atoms with E-state index in [1.807, 2.05) is 18.7 Å². The lowest BCUT2D eigenvalue weighted by Crippen LogP contribution is -2.56. The van der Waals surface area contributed by atoms with Gasteiger partial charge in [0.1, 0.15) is 0 Å². The molecule has 4 heteroatoms. The molecule has 0 aromatic carbocycles. The molecule has 0 unspecified atom stereocenters. The fourth-order valence-electron chi connectivity index (χ4n) is 2.05. The van der Waals surface area contributed by atoms with E-state index in [1.165, 1.54) is 5.69 Å². The molecule has 4 nitrogen and oxygen atoms in total. The maximum atomic E-state index is 4.38. The Balaban J connectivity index is 2.02. The van der Waals surface area contributed by atoms with E-state index in [1.54, 1.807) is 0 Å². The molecule has 2 heterocycles. The summed E-state index contributed by atoms with van der Waals surface area (Å²) >= 11 is 0. The molecule has 0 atom stereocenters. The molecule has 84 valence electrons. The summed E-state index contributed by atoms with van der Waals surface area (Å²) in [6.45, 7) is 8.65. The number of aryl methyl sites for hydroxylation is 2. The highest BCUT2D eigenvalue weighted by atomic mass is 15.3. The summed E-state index contributed by atoms with van der Waals surface area (Å²) < 4.78 is 1.99. The topological polar surface area (TPSA) is 33.1 Å². The Hall–Kier alpha value is -0.870. The van der Waals surface area contributed by atoms with Crippen LogP contribution < -0.4 is 5.32 Å². The van der Waals surface area contributed by atoms with E-state index in [9.17, 15) is 0 Å². The minimum Gasteiger partial charge on any atom is -0.314 e. The smallest absolute Gasteiger partial charge is 0.0597 e. The lowest BCUT2D eigenvalue weighted by Gasteiger charge is -2.37. The van der Waals surface area contributed by atoms with Gasteiger partial charge >= 0.3 is 0 Å². The van der Waals surface area contributed by atoms with Crippen LogP contribution in [0.25, 0.3) is 0 Å². The Kier molecular flexibility index (Phi) is 3.07. The van der Waals surface area contributed by atoms with Gasteiger partial charge in [-0.3, -0.25) is 9.58 Å². The van der Waals surface area contributed by atoms with Crippen molar-refractivity contribution >= 4 is 0 Å². The molecule has 0 spiro atoms. The van der Waals surface area contributed by atoms with Gasteiger partial charge in [-0.2, -0.15) is 5.10 Å². The Morgan fingerprint density at radius 1 is 1.60 bits per heavy atom. The van der Waals surface area contributed by atoms with Crippen LogP contribution in [0, 0.1) is 6.92 Å². The second-order valence-corrected chi connectivity index (χ2v) is 4.28. The predicted molar refractivity (Wildman–Crippen MR) is 60.7 cm³/mol. The fourth-order valence-corrected chi connectivity index (χ4v) is 2.05. The van der Waals surface area contributed by atoms with Gasteiger partial charge in [0.25, 0.3) is 0 Å². The number of likely N-dealkylation sites (N-methyl/N-ethyl adjacent to an activating group) is 1. The molecule has 1 aliphatic rings. The average molecular weight is 208 g/mol. The molecule has 1 saturated heterocycles. The van der Waals surface area contributed by atoms with Crippen molar-refractivity contribution in [1.29, 1.82) is 0 Å². The van der Waals surface area contributed by atoms with Crippen molar-refractivity contribution in [3.63, 3.8) is 0 Å². The second-order valence-electron chi connectivity index (χ2n) is 4.28. The zero-order valence-corrected chi connectivity index (χ0v) is 9.82. The van der Waals surface area contributed by atoms with Crippen LogP contribution in [0.15, 0.2) is 6.07 Å². The van der Waals surface area contributed by atoms with Gasteiger partial charge in [-0.25, -0.2) is 0 Å². The van der Waals surface area contributed by atoms with Crippen LogP contribution in [0.2, 0.25) is 0 Å². The molecule has 1 aromatic heterocycles. The first-order valence-corrected chi connectivity index (χ1v) is 5.65. The number of hydrogen-bond donors (Lipinski definition) is 1. The summed E-state index contributed by atoms with van der Waals surface area (Å²) in [5.74, 6) is 0. The summed E-state index contributed by atoms with van der Waals surface area (Å²) in [5.41, 5.74) is 2.41. The minimum atomic E-state index is 0.713. The van der Waals surface area contributed by atoms with Crippen LogP contribution in [-0.4, -0.2) is 40.4 Å². The van der Waals surface area contributed by atoms with Crippen LogP contribution >= 0.6 is 0 Å². The molecular weight excluding hydrogens is 188 g/mol. The summed E-state index contributed by atoms with van der Waals surface area (Å²) in [6, 6.07) is 2.89. The highest BCUT2D eigenvalue weighted by Crippen LogP contribution is 2.11. The molecule has 15 heavy (non-hydrogen) atoms. The van der Waals surface area contributed by atoms with Crippen molar-refractivity contribution in [2.75, 3.05) is 19.6 Å². The first-order valence-electron chi connectivity index (χ1n) is 5.65. The van der Waals surface area contributed by atoms with Gasteiger partial charge in [0.05, 0.1) is 11.4 Å². The SMILES string of the molecule is CCN(Cc1cc(C)nn1C)C1CNC1. The summed E-state index contributed by atoms with van der Waals surface area (Å²) in [7, 11) is 2.02. The van der Waals surface area contributed by atoms with Crippen molar-refractivity contribution in [1.82, 2.24) is 20.0 Å². The van der Waals surface area contributed by atoms with Gasteiger partial charge < -0.3 is 5.32 Å². The number of nitrogens with zero attached hydrogens (tertiary/aromatic N) is 3. The third kappa shape index (κ3) is 2.21. The Labute approximate surface area is 91.3 Å². The van der Waals surface area contributed by atoms with Gasteiger partial charge in [-0.05, 0) is 19.5 Å². The first kappa shape index (κ1) is 10.6. The van der Waals surface area contributed by atoms with Crippen molar-refractivity contribution in [3.8, 4) is 0 Å². The lowest BCUT2D eigenvalue weighted by atomic mass is 10.1. The van der Waals surface area contributed by atoms with Crippen LogP contribution in [-0.2, 0) is 13.6 Å². The molecular formula is C11H20N4. The van der Waals surface area contributed by atoms with E-state index in [-0.39, 0.29) is 0 Å². The van der Waals surface area contributed by atoms with Gasteiger partial charge in [0, 0.05) is 32.7 Å². The molecule has 1 fully saturated rings. The molecule has 0 amide bonds. The molecule has 1 aromatic rings. The van der Waals surface area contributed by atoms with E-state index in [0.717, 1.165) is 31.9 Å². The summed E-state index contributed by atoms with van der Waals surface area (Å²) in [4.78, 5) is 2.51. The minimum absolute atomic E-state index is 0.713. The quantitative estimate of drug-likeness (QED) is 0.783. The molecule has 1 N–H and O–H groups in total. The number of aromatic nitrogens is 2. The Morgan fingerprint density at radius 3 is 2.73 bits per heavy atom. The largest absolute Gasteiger partial charge is 0.314 e. The van der Waals surface area contributed by atoms with Crippen LogP contribution in [0.3, 0.4) is 0 Å². The standard InChI is InChI=1S/C11H20N4/c1-4-15(11-6-12-7-11)8-10-5-9(2)13-14(10)3/h5,11-12H,4,6-8H2,1-3H3. The summed E-state index contributed by atoms with van der Waals surface area (Å²) in [5, 5.41) is 7.69. The van der Waals surface area contributed by atoms with Gasteiger partial charge in [-0.15, -0.1) is 0 Å². The number of nitrogens with one attached hydrogen (secondary N) is 1. The Morgan fingerprint density at radius 2 is 2.33 bits per heavy atom. The van der Waals surface area contributed by atoms with Gasteiger partial charge in [-0.1, -0.05) is 6.92 Å². The lowest BCUT2D eigenvalue weighted by molar-refractivity contribution is 0.142. The highest BCUT2D eigenvalue weighted by Gasteiger charge is 2.23. The van der Waals surface area contributed by atoms with Crippen LogP contribution in [0.1, 0.15) is 18.3 Å². The highest BCUT2D eigenvalue weighted by molar-refractivity contribution is 5.09. The molecule has 0 bridgehead atoms. The monoisotopic (exact) mass is 208 g/mol. The van der Waals surface area contributed by atoms with E-state index in [2.05, 4.69) is 28.3 Å². The van der Waals surface area contributed by atoms with Crippen molar-refractivity contribution < 1.29 is 0 Å². The van der Waals surface area contributed by atoms with Crippen molar-refractivity contribution in [3.05, 3.63) is 17.5 Å². The van der Waals surface area contributed by atoms with Crippen LogP contribution in [0.5, 0.6) is 0 Å². The average Bonchev–Trinajstić information content (AvgIpc) is 2.41. The van der Waals surface area contributed by atoms with E-state index >= 15 is 0 Å².